The molecular formula is C7H9N3O. The van der Waals surface area contributed by atoms with Gasteiger partial charge in [0.1, 0.15) is 5.76 Å². The Morgan fingerprint density at radius 3 is 2.36 bits per heavy atom. The van der Waals surface area contributed by atoms with Crippen molar-refractivity contribution in [3.05, 3.63) is 23.6 Å². The van der Waals surface area contributed by atoms with Gasteiger partial charge in [0.15, 0.2) is 0 Å². The number of methoxy groups -OCH3 is 1. The summed E-state index contributed by atoms with van der Waals surface area (Å²) in [6, 6.07) is 0. The summed E-state index contributed by atoms with van der Waals surface area (Å²) >= 11 is 0. The summed E-state index contributed by atoms with van der Waals surface area (Å²) in [5.41, 5.74) is 6.10. The molecule has 0 amide bonds. The number of nitrogens with two attached hydrogens (primary N) is 1. The molecule has 0 fully saturated rings. The van der Waals surface area contributed by atoms with Gasteiger partial charge < -0.3 is 10.5 Å². The minimum absolute atomic E-state index is 0.114. The molecule has 4 N–H and O–H groups in total. The highest BCUT2D eigenvalue weighted by Gasteiger charge is 2.12. The Morgan fingerprint density at radius 1 is 1.27 bits per heavy atom. The Hall–Kier alpha value is -1.58. The van der Waals surface area contributed by atoms with Crippen LogP contribution >= 0.6 is 0 Å². The van der Waals surface area contributed by atoms with Crippen molar-refractivity contribution in [3.8, 4) is 0 Å². The van der Waals surface area contributed by atoms with Crippen LogP contribution in [-0.4, -0.2) is 18.5 Å². The lowest BCUT2D eigenvalue weighted by atomic mass is 10.1. The summed E-state index contributed by atoms with van der Waals surface area (Å²) in [6.07, 6.45) is 2.83. The quantitative estimate of drug-likeness (QED) is 0.474. The van der Waals surface area contributed by atoms with Gasteiger partial charge in [-0.2, -0.15) is 0 Å². The molecule has 0 aromatic heterocycles. The Balaban J connectivity index is 3.00. The van der Waals surface area contributed by atoms with Crippen LogP contribution in [0.1, 0.15) is 0 Å². The van der Waals surface area contributed by atoms with E-state index in [-0.39, 0.29) is 11.4 Å². The number of hydrogen-bond donors (Lipinski definition) is 3. The highest BCUT2D eigenvalue weighted by atomic mass is 16.5. The molecule has 0 saturated heterocycles. The lowest BCUT2D eigenvalue weighted by Gasteiger charge is -2.11. The summed E-state index contributed by atoms with van der Waals surface area (Å²) in [6.45, 7) is 0. The van der Waals surface area contributed by atoms with Crippen molar-refractivity contribution in [2.45, 2.75) is 0 Å². The Bertz CT molecular complexity index is 275. The van der Waals surface area contributed by atoms with Crippen LogP contribution < -0.4 is 5.73 Å². The molecule has 1 aliphatic rings. The van der Waals surface area contributed by atoms with E-state index in [1.54, 1.807) is 0 Å². The van der Waals surface area contributed by atoms with E-state index >= 15 is 0 Å². The normalized spacial score (nSPS) is 17.5. The first-order valence-electron chi connectivity index (χ1n) is 3.06. The zero-order chi connectivity index (χ0) is 8.43. The van der Waals surface area contributed by atoms with Crippen LogP contribution in [0, 0.1) is 10.8 Å². The van der Waals surface area contributed by atoms with Crippen molar-refractivity contribution in [1.29, 1.82) is 10.8 Å². The predicted octanol–water partition coefficient (Wildman–Crippen LogP) is 0.412. The van der Waals surface area contributed by atoms with Crippen LogP contribution in [0.25, 0.3) is 0 Å². The molecule has 58 valence electrons. The van der Waals surface area contributed by atoms with Gasteiger partial charge in [0.25, 0.3) is 0 Å². The van der Waals surface area contributed by atoms with E-state index in [0.29, 0.717) is 11.5 Å². The Kier molecular flexibility index (Phi) is 1.76. The molecule has 1 aliphatic carbocycles. The summed E-state index contributed by atoms with van der Waals surface area (Å²) in [4.78, 5) is 0. The van der Waals surface area contributed by atoms with Crippen molar-refractivity contribution in [2.24, 2.45) is 5.73 Å². The highest BCUT2D eigenvalue weighted by Crippen LogP contribution is 2.10. The smallest absolute Gasteiger partial charge is 0.144 e. The first-order chi connectivity index (χ1) is 5.15. The molecule has 0 radical (unpaired) electrons. The third kappa shape index (κ3) is 1.29. The molecule has 11 heavy (non-hydrogen) atoms. The van der Waals surface area contributed by atoms with E-state index in [1.807, 2.05) is 0 Å². The maximum atomic E-state index is 7.24. The average molecular weight is 151 g/mol. The van der Waals surface area contributed by atoms with E-state index in [0.717, 1.165) is 0 Å². The lowest BCUT2D eigenvalue weighted by Crippen LogP contribution is -2.18. The largest absolute Gasteiger partial charge is 0.495 e. The maximum Gasteiger partial charge on any atom is 0.144 e. The molecule has 0 heterocycles. The molecule has 0 unspecified atom stereocenters. The van der Waals surface area contributed by atoms with Crippen LogP contribution in [0.15, 0.2) is 23.6 Å². The SMILES string of the molecule is COC1=CC(=N)C(=N)C=C1N. The summed E-state index contributed by atoms with van der Waals surface area (Å²) < 4.78 is 4.85. The van der Waals surface area contributed by atoms with E-state index in [4.69, 9.17) is 21.3 Å². The molecule has 0 spiro atoms. The minimum Gasteiger partial charge on any atom is -0.495 e. The fourth-order valence-electron chi connectivity index (χ4n) is 0.773. The first kappa shape index (κ1) is 7.53. The summed E-state index contributed by atoms with van der Waals surface area (Å²) in [5.74, 6) is 0.450. The predicted molar refractivity (Wildman–Crippen MR) is 42.8 cm³/mol. The highest BCUT2D eigenvalue weighted by molar-refractivity contribution is 6.49. The number of rotatable bonds is 1. The number of nitrogens with one attached hydrogen (secondary N) is 2. The Morgan fingerprint density at radius 2 is 1.82 bits per heavy atom. The van der Waals surface area contributed by atoms with Gasteiger partial charge in [0.2, 0.25) is 0 Å². The first-order valence-corrected chi connectivity index (χ1v) is 3.06. The van der Waals surface area contributed by atoms with Crippen molar-refractivity contribution in [3.63, 3.8) is 0 Å². The molecular weight excluding hydrogens is 142 g/mol. The molecule has 0 aromatic carbocycles. The van der Waals surface area contributed by atoms with Crippen molar-refractivity contribution >= 4 is 11.4 Å². The second-order valence-corrected chi connectivity index (χ2v) is 2.14. The molecule has 0 aromatic rings. The zero-order valence-corrected chi connectivity index (χ0v) is 6.14. The lowest BCUT2D eigenvalue weighted by molar-refractivity contribution is 0.300. The topological polar surface area (TPSA) is 83.0 Å². The number of allylic oxidation sites excluding steroid dienone is 2. The van der Waals surface area contributed by atoms with E-state index in [1.165, 1.54) is 19.3 Å². The van der Waals surface area contributed by atoms with Crippen LogP contribution in [0.2, 0.25) is 0 Å². The maximum absolute atomic E-state index is 7.24. The minimum atomic E-state index is 0.114. The fourth-order valence-corrected chi connectivity index (χ4v) is 0.773. The van der Waals surface area contributed by atoms with Gasteiger partial charge in [-0.25, -0.2) is 0 Å². The molecule has 4 heteroatoms. The second-order valence-electron chi connectivity index (χ2n) is 2.14. The van der Waals surface area contributed by atoms with Crippen LogP contribution in [-0.2, 0) is 4.74 Å². The molecule has 1 rings (SSSR count). The van der Waals surface area contributed by atoms with Crippen LogP contribution in [0.5, 0.6) is 0 Å². The summed E-state index contributed by atoms with van der Waals surface area (Å²) in [7, 11) is 1.48. The van der Waals surface area contributed by atoms with Crippen molar-refractivity contribution < 1.29 is 4.74 Å². The van der Waals surface area contributed by atoms with Gasteiger partial charge in [-0.15, -0.1) is 0 Å². The monoisotopic (exact) mass is 151 g/mol. The second kappa shape index (κ2) is 2.57. The van der Waals surface area contributed by atoms with E-state index in [2.05, 4.69) is 0 Å². The van der Waals surface area contributed by atoms with Crippen LogP contribution in [0.3, 0.4) is 0 Å². The van der Waals surface area contributed by atoms with Gasteiger partial charge in [-0.05, 0) is 6.08 Å². The fraction of sp³-hybridized carbons (Fsp3) is 0.143. The van der Waals surface area contributed by atoms with E-state index in [9.17, 15) is 0 Å². The van der Waals surface area contributed by atoms with Gasteiger partial charge >= 0.3 is 0 Å². The zero-order valence-electron chi connectivity index (χ0n) is 6.14. The van der Waals surface area contributed by atoms with Gasteiger partial charge in [-0.3, -0.25) is 10.8 Å². The molecule has 4 nitrogen and oxygen atoms in total. The molecule has 0 saturated carbocycles. The van der Waals surface area contributed by atoms with Gasteiger partial charge in [0.05, 0.1) is 24.2 Å². The van der Waals surface area contributed by atoms with E-state index < -0.39 is 0 Å². The van der Waals surface area contributed by atoms with Crippen molar-refractivity contribution in [1.82, 2.24) is 0 Å². The molecule has 0 aliphatic heterocycles. The molecule has 0 atom stereocenters. The average Bonchev–Trinajstić information content (AvgIpc) is 1.97. The van der Waals surface area contributed by atoms with Crippen molar-refractivity contribution in [2.75, 3.05) is 7.11 Å². The van der Waals surface area contributed by atoms with Crippen LogP contribution in [0.4, 0.5) is 0 Å². The Labute approximate surface area is 64.4 Å². The number of ether oxygens (including phenoxy) is 1. The molecule has 0 bridgehead atoms. The van der Waals surface area contributed by atoms with Gasteiger partial charge in [0, 0.05) is 6.08 Å². The summed E-state index contributed by atoms with van der Waals surface area (Å²) in [5, 5.41) is 14.4. The number of hydrogen-bond acceptors (Lipinski definition) is 4. The third-order valence-electron chi connectivity index (χ3n) is 1.37. The third-order valence-corrected chi connectivity index (χ3v) is 1.37. The standard InChI is InChI=1S/C7H9N3O/c1-11-7-3-5(9)4(8)2-6(7)10/h2-3,8-9H,10H2,1H3. The van der Waals surface area contributed by atoms with Gasteiger partial charge in [-0.1, -0.05) is 0 Å².